The van der Waals surface area contributed by atoms with Gasteiger partial charge >= 0.3 is 0 Å². The first kappa shape index (κ1) is 19.1. The Kier molecular flexibility index (Phi) is 8.40. The molecular weight excluding hydrogens is 300 g/mol. The Labute approximate surface area is 147 Å². The van der Waals surface area contributed by atoms with Crippen LogP contribution < -0.4 is 14.8 Å². The summed E-state index contributed by atoms with van der Waals surface area (Å²) >= 11 is 0. The van der Waals surface area contributed by atoms with E-state index in [1.165, 1.54) is 44.3 Å². The van der Waals surface area contributed by atoms with Crippen LogP contribution in [0.4, 0.5) is 0 Å². The summed E-state index contributed by atoms with van der Waals surface area (Å²) < 4.78 is 11.3. The van der Waals surface area contributed by atoms with Gasteiger partial charge in [-0.05, 0) is 69.6 Å². The van der Waals surface area contributed by atoms with Gasteiger partial charge in [0.25, 0.3) is 0 Å². The Morgan fingerprint density at radius 2 is 1.96 bits per heavy atom. The summed E-state index contributed by atoms with van der Waals surface area (Å²) in [6, 6.07) is 6.26. The van der Waals surface area contributed by atoms with Gasteiger partial charge in [0.1, 0.15) is 0 Å². The van der Waals surface area contributed by atoms with Crippen molar-refractivity contribution in [3.63, 3.8) is 0 Å². The molecule has 0 aromatic heterocycles. The highest BCUT2D eigenvalue weighted by Gasteiger charge is 2.16. The van der Waals surface area contributed by atoms with E-state index in [2.05, 4.69) is 36.3 Å². The number of rotatable bonds is 10. The molecule has 0 unspecified atom stereocenters. The Morgan fingerprint density at radius 3 is 2.67 bits per heavy atom. The van der Waals surface area contributed by atoms with Crippen molar-refractivity contribution in [1.29, 1.82) is 0 Å². The van der Waals surface area contributed by atoms with E-state index in [1.807, 2.05) is 6.07 Å². The summed E-state index contributed by atoms with van der Waals surface area (Å²) in [4.78, 5) is 2.42. The quantitative estimate of drug-likeness (QED) is 0.662. The number of hydrogen-bond acceptors (Lipinski definition) is 4. The molecule has 1 aliphatic rings. The number of hydrogen-bond donors (Lipinski definition) is 1. The summed E-state index contributed by atoms with van der Waals surface area (Å²) in [6.45, 7) is 7.41. The maximum atomic E-state index is 5.92. The number of nitrogens with zero attached hydrogens (tertiary/aromatic N) is 1. The van der Waals surface area contributed by atoms with Gasteiger partial charge in [0, 0.05) is 6.54 Å². The summed E-state index contributed by atoms with van der Waals surface area (Å²) in [5.74, 6) is 2.50. The topological polar surface area (TPSA) is 33.7 Å². The maximum absolute atomic E-state index is 5.92. The van der Waals surface area contributed by atoms with Gasteiger partial charge in [0.2, 0.25) is 0 Å². The van der Waals surface area contributed by atoms with Crippen LogP contribution in [-0.4, -0.2) is 45.3 Å². The van der Waals surface area contributed by atoms with Crippen molar-refractivity contribution < 1.29 is 9.47 Å². The first-order valence-electron chi connectivity index (χ1n) is 9.42. The third-order valence-electron chi connectivity index (χ3n) is 4.83. The van der Waals surface area contributed by atoms with E-state index in [0.717, 1.165) is 43.5 Å². The Hall–Kier alpha value is -1.26. The van der Waals surface area contributed by atoms with Crippen molar-refractivity contribution in [2.45, 2.75) is 45.6 Å². The van der Waals surface area contributed by atoms with Gasteiger partial charge in [-0.2, -0.15) is 0 Å². The Bertz CT molecular complexity index is 471. The molecule has 1 N–H and O–H groups in total. The second-order valence-electron chi connectivity index (χ2n) is 6.92. The fraction of sp³-hybridized carbons (Fsp3) is 0.700. The van der Waals surface area contributed by atoms with E-state index in [9.17, 15) is 0 Å². The lowest BCUT2D eigenvalue weighted by Crippen LogP contribution is -2.34. The molecule has 1 aromatic carbocycles. The zero-order valence-electron chi connectivity index (χ0n) is 15.6. The fourth-order valence-corrected chi connectivity index (χ4v) is 3.16. The molecule has 1 saturated heterocycles. The van der Waals surface area contributed by atoms with Crippen LogP contribution in [0.15, 0.2) is 18.2 Å². The SMILES string of the molecule is CCCCCOc1cc(CNCC2CCN(C)CC2)ccc1OC. The summed E-state index contributed by atoms with van der Waals surface area (Å²) in [5, 5.41) is 3.61. The van der Waals surface area contributed by atoms with E-state index in [1.54, 1.807) is 7.11 Å². The molecule has 1 fully saturated rings. The number of unbranched alkanes of at least 4 members (excludes halogenated alkanes) is 2. The molecular formula is C20H34N2O2. The number of piperidine rings is 1. The first-order valence-corrected chi connectivity index (χ1v) is 9.42. The molecule has 0 radical (unpaired) electrons. The van der Waals surface area contributed by atoms with Crippen molar-refractivity contribution in [3.05, 3.63) is 23.8 Å². The molecule has 0 spiro atoms. The predicted molar refractivity (Wildman–Crippen MR) is 99.9 cm³/mol. The lowest BCUT2D eigenvalue weighted by atomic mass is 9.97. The van der Waals surface area contributed by atoms with Crippen LogP contribution in [0.25, 0.3) is 0 Å². The lowest BCUT2D eigenvalue weighted by molar-refractivity contribution is 0.216. The minimum absolute atomic E-state index is 0.761. The maximum Gasteiger partial charge on any atom is 0.161 e. The smallest absolute Gasteiger partial charge is 0.161 e. The van der Waals surface area contributed by atoms with Crippen LogP contribution in [0.5, 0.6) is 11.5 Å². The molecule has 0 atom stereocenters. The van der Waals surface area contributed by atoms with Crippen LogP contribution in [-0.2, 0) is 6.54 Å². The highest BCUT2D eigenvalue weighted by molar-refractivity contribution is 5.42. The third kappa shape index (κ3) is 6.33. The van der Waals surface area contributed by atoms with Gasteiger partial charge in [-0.1, -0.05) is 25.8 Å². The van der Waals surface area contributed by atoms with Crippen LogP contribution in [0.1, 0.15) is 44.6 Å². The largest absolute Gasteiger partial charge is 0.493 e. The molecule has 0 saturated carbocycles. The van der Waals surface area contributed by atoms with Crippen LogP contribution in [0.3, 0.4) is 0 Å². The van der Waals surface area contributed by atoms with E-state index in [-0.39, 0.29) is 0 Å². The number of ether oxygens (including phenoxy) is 2. The molecule has 1 aromatic rings. The molecule has 0 amide bonds. The van der Waals surface area contributed by atoms with Crippen LogP contribution in [0, 0.1) is 5.92 Å². The summed E-state index contributed by atoms with van der Waals surface area (Å²) in [6.07, 6.45) is 6.12. The molecule has 4 nitrogen and oxygen atoms in total. The van der Waals surface area contributed by atoms with Crippen molar-refractivity contribution in [2.75, 3.05) is 40.4 Å². The highest BCUT2D eigenvalue weighted by atomic mass is 16.5. The molecule has 0 aliphatic carbocycles. The van der Waals surface area contributed by atoms with Gasteiger partial charge in [0.15, 0.2) is 11.5 Å². The Balaban J connectivity index is 1.79. The average molecular weight is 335 g/mol. The van der Waals surface area contributed by atoms with Gasteiger partial charge in [-0.15, -0.1) is 0 Å². The first-order chi connectivity index (χ1) is 11.7. The van der Waals surface area contributed by atoms with Crippen molar-refractivity contribution in [3.8, 4) is 11.5 Å². The number of likely N-dealkylation sites (tertiary alicyclic amines) is 1. The molecule has 136 valence electrons. The summed E-state index contributed by atoms with van der Waals surface area (Å²) in [7, 11) is 3.91. The molecule has 1 heterocycles. The molecule has 4 heteroatoms. The third-order valence-corrected chi connectivity index (χ3v) is 4.83. The van der Waals surface area contributed by atoms with Crippen LogP contribution in [0.2, 0.25) is 0 Å². The zero-order valence-corrected chi connectivity index (χ0v) is 15.6. The summed E-state index contributed by atoms with van der Waals surface area (Å²) in [5.41, 5.74) is 1.26. The normalized spacial score (nSPS) is 16.3. The predicted octanol–water partition coefficient (Wildman–Crippen LogP) is 3.70. The van der Waals surface area contributed by atoms with Gasteiger partial charge in [0.05, 0.1) is 13.7 Å². The van der Waals surface area contributed by atoms with E-state index in [4.69, 9.17) is 9.47 Å². The van der Waals surface area contributed by atoms with Gasteiger partial charge in [-0.3, -0.25) is 0 Å². The minimum atomic E-state index is 0.761. The molecule has 2 rings (SSSR count). The van der Waals surface area contributed by atoms with Crippen molar-refractivity contribution in [2.24, 2.45) is 5.92 Å². The number of nitrogens with one attached hydrogen (secondary N) is 1. The lowest BCUT2D eigenvalue weighted by Gasteiger charge is -2.29. The second-order valence-corrected chi connectivity index (χ2v) is 6.92. The van der Waals surface area contributed by atoms with E-state index < -0.39 is 0 Å². The van der Waals surface area contributed by atoms with E-state index >= 15 is 0 Å². The highest BCUT2D eigenvalue weighted by Crippen LogP contribution is 2.28. The van der Waals surface area contributed by atoms with Crippen molar-refractivity contribution in [1.82, 2.24) is 10.2 Å². The second kappa shape index (κ2) is 10.6. The standard InChI is InChI=1S/C20H34N2O2/c1-4-5-6-13-24-20-14-18(7-8-19(20)23-3)16-21-15-17-9-11-22(2)12-10-17/h7-8,14,17,21H,4-6,9-13,15-16H2,1-3H3. The zero-order chi connectivity index (χ0) is 17.2. The fourth-order valence-electron chi connectivity index (χ4n) is 3.16. The van der Waals surface area contributed by atoms with Crippen LogP contribution >= 0.6 is 0 Å². The number of methoxy groups -OCH3 is 1. The van der Waals surface area contributed by atoms with Gasteiger partial charge in [-0.25, -0.2) is 0 Å². The minimum Gasteiger partial charge on any atom is -0.493 e. The average Bonchev–Trinajstić information content (AvgIpc) is 2.61. The molecule has 1 aliphatic heterocycles. The van der Waals surface area contributed by atoms with Crippen molar-refractivity contribution >= 4 is 0 Å². The number of benzene rings is 1. The van der Waals surface area contributed by atoms with Gasteiger partial charge < -0.3 is 19.7 Å². The van der Waals surface area contributed by atoms with E-state index in [0.29, 0.717) is 0 Å². The monoisotopic (exact) mass is 334 g/mol. The Morgan fingerprint density at radius 1 is 1.17 bits per heavy atom. The molecule has 24 heavy (non-hydrogen) atoms. The molecule has 0 bridgehead atoms.